The lowest BCUT2D eigenvalue weighted by atomic mass is 10.1. The molecule has 0 bridgehead atoms. The Morgan fingerprint density at radius 3 is 1.16 bits per heavy atom. The summed E-state index contributed by atoms with van der Waals surface area (Å²) in [4.78, 5) is 25.6. The molecule has 0 saturated heterocycles. The van der Waals surface area contributed by atoms with Gasteiger partial charge in [0.1, 0.15) is 54.1 Å². The van der Waals surface area contributed by atoms with Gasteiger partial charge in [0.15, 0.2) is 66.4 Å². The van der Waals surface area contributed by atoms with Crippen molar-refractivity contribution in [3.05, 3.63) is 105 Å². The number of ether oxygens (including phenoxy) is 3. The minimum Gasteiger partial charge on any atom is -0.394 e. The summed E-state index contributed by atoms with van der Waals surface area (Å²) in [6.07, 6.45) is -26.3. The molecule has 15 rings (SSSR count). The Morgan fingerprint density at radius 2 is 0.833 bits per heavy atom. The number of aliphatic hydroxyl groups is 9. The number of aromatic nitrogens is 15. The van der Waals surface area contributed by atoms with Crippen molar-refractivity contribution in [2.24, 2.45) is 0 Å². The topological polar surface area (TPSA) is 415 Å². The molecular formula is C72H93F3N18O12S3. The molecule has 18 atom stereocenters. The average Bonchev–Trinajstić information content (AvgIpc) is 1.51. The van der Waals surface area contributed by atoms with Crippen molar-refractivity contribution in [1.29, 1.82) is 0 Å². The molecule has 0 amide bonds. The van der Waals surface area contributed by atoms with E-state index in [4.69, 9.17) is 65.9 Å². The number of rotatable bonds is 30. The monoisotopic (exact) mass is 1590 g/mol. The van der Waals surface area contributed by atoms with Gasteiger partial charge in [0.05, 0.1) is 96.5 Å². The van der Waals surface area contributed by atoms with Crippen LogP contribution in [0.25, 0.3) is 33.5 Å². The van der Waals surface area contributed by atoms with Gasteiger partial charge in [-0.25, -0.2) is 57.1 Å². The fourth-order valence-electron chi connectivity index (χ4n) is 11.9. The first-order chi connectivity index (χ1) is 65.0. The van der Waals surface area contributed by atoms with Gasteiger partial charge in [0.2, 0.25) is 0 Å². The number of hydrogen-bond donors (Lipinski definition) is 12. The first-order valence-electron chi connectivity index (χ1n) is 50.1. The number of fused-ring (bicyclic) bond motifs is 3. The zero-order valence-corrected chi connectivity index (χ0v) is 59.9. The maximum atomic E-state index is 14.8. The quantitative estimate of drug-likeness (QED) is 0.0168. The summed E-state index contributed by atoms with van der Waals surface area (Å²) in [5.74, 6) is -11.9. The maximum absolute atomic E-state index is 14.8. The lowest BCUT2D eigenvalue weighted by Gasteiger charge is -2.17. The van der Waals surface area contributed by atoms with E-state index >= 15 is 0 Å². The number of nitrogens with zero attached hydrogens (tertiary/aromatic N) is 15. The van der Waals surface area contributed by atoms with Crippen molar-refractivity contribution in [2.75, 3.05) is 72.6 Å². The van der Waals surface area contributed by atoms with Crippen LogP contribution in [0.2, 0.25) is 0 Å². The second-order valence-electron chi connectivity index (χ2n) is 24.5. The van der Waals surface area contributed by atoms with Crippen LogP contribution in [0.3, 0.4) is 0 Å². The van der Waals surface area contributed by atoms with Gasteiger partial charge >= 0.3 is 0 Å². The van der Waals surface area contributed by atoms with E-state index in [9.17, 15) is 54.0 Å². The molecule has 0 spiro atoms. The Balaban J connectivity index is 0.000000179. The largest absolute Gasteiger partial charge is 0.394 e. The summed E-state index contributed by atoms with van der Waals surface area (Å²) in [7, 11) is 0. The number of aliphatic hydroxyl groups excluding tert-OH is 7. The molecule has 6 aliphatic rings. The number of halogens is 3. The normalized spacial score (nSPS) is 36.7. The van der Waals surface area contributed by atoms with Crippen LogP contribution in [-0.2, 0) is 14.2 Å². The number of hydrogen-bond acceptors (Lipinski definition) is 30. The average molecular weight is 1590 g/mol. The van der Waals surface area contributed by atoms with Crippen LogP contribution in [0.5, 0.6) is 0 Å². The van der Waals surface area contributed by atoms with E-state index in [1.807, 2.05) is 0 Å². The van der Waals surface area contributed by atoms with E-state index in [1.165, 1.54) is 20.8 Å². The molecule has 108 heavy (non-hydrogen) atoms. The molecule has 6 aromatic heterocycles. The zero-order chi connectivity index (χ0) is 107. The number of anilines is 3. The molecule has 0 radical (unpaired) electrons. The summed E-state index contributed by atoms with van der Waals surface area (Å²) in [5, 5.41) is 123. The van der Waals surface area contributed by atoms with E-state index in [0.29, 0.717) is 23.5 Å². The molecule has 6 saturated carbocycles. The Bertz CT molecular complexity index is 6300. The van der Waals surface area contributed by atoms with Crippen molar-refractivity contribution in [3.63, 3.8) is 0 Å². The van der Waals surface area contributed by atoms with Crippen LogP contribution in [0.1, 0.15) is 194 Å². The molecule has 12 N–H and O–H groups in total. The third kappa shape index (κ3) is 17.5. The minimum atomic E-state index is -3.47. The molecule has 6 fully saturated rings. The molecule has 0 unspecified atom stereocenters. The molecule has 9 aromatic rings. The molecule has 30 nitrogen and oxygen atoms in total. The van der Waals surface area contributed by atoms with Gasteiger partial charge in [-0.15, -0.1) is 15.3 Å². The lowest BCUT2D eigenvalue weighted by molar-refractivity contribution is -0.0629. The summed E-state index contributed by atoms with van der Waals surface area (Å²) >= 11 is 1.11. The van der Waals surface area contributed by atoms with Gasteiger partial charge in [-0.1, -0.05) is 108 Å². The van der Waals surface area contributed by atoms with Gasteiger partial charge in [-0.05, 0) is 111 Å². The van der Waals surface area contributed by atoms with Crippen LogP contribution in [0, 0.1) is 38.2 Å². The second kappa shape index (κ2) is 35.1. The molecular weight excluding hydrogens is 1460 g/mol. The Kier molecular flexibility index (Phi) is 15.1. The standard InChI is InChI=1S/3C24H31FN6O4S/c3*1-3-8-36-24-27-22(26-16-10-14(16)13-5-4-12(2)15(25)9-13)19-23(28-24)31(30-29-19)17-11-18(35-7-6-32)21(34)20(17)33/h3*4-5,9,14,16-18,20-21,32-34H,3,6-8,10-11H2,1-2H3,(H,26,27,28)/t3*14-,16+,17+,18-,20-,21+/m000/s1/i4D,5D,6D2,7D2,8D2,9D,10D2,14D;3D2,4D,5D,6D2,8D2,9D,10D2,14D;3D2,4D,5D,8D2,9D,10D2,14D. The second-order valence-corrected chi connectivity index (χ2v) is 26.9. The van der Waals surface area contributed by atoms with Gasteiger partial charge in [0.25, 0.3) is 0 Å². The molecule has 0 aliphatic heterocycles. The van der Waals surface area contributed by atoms with Crippen LogP contribution >= 0.6 is 35.3 Å². The Morgan fingerprint density at radius 1 is 0.491 bits per heavy atom. The SMILES string of the molecule is [2H]c1c([2H])c([C@@]2([2H])[C@H](Nc3nc(SC([2H])([2H])C([2H])([2H])C)nc4c3nnn4[C@@H]3C[C@H](OCC([2H])([2H])O)[C@@H](O)[C@H]3O)C2([2H])[2H])c([2H])c(F)c1C.[2H]c1c([2H])c([C@@]2([2H])[C@H](Nc3nc(SC([2H])([2H])C([2H])([2H])C)nc4c3nnn4[C@@H]3C[C@H](OCCO)[C@@H](O)[C@H]3O)C2([2H])[2H])c([2H])c(F)c1C.[2H]c1c([2H])c([C@@]2([2H])[C@H](Nc3nc(SC([2H])([2H])CC)nc4c3nnn4[C@@H]3C[C@H](OC([2H])([2H])C([2H])([2H])O)[C@@H](O)[C@H]3O)C2([2H])[2H])c([2H])c(F)c1C. The van der Waals surface area contributed by atoms with Crippen LogP contribution in [0.15, 0.2) is 69.9 Å². The highest BCUT2D eigenvalue weighted by molar-refractivity contribution is 7.99. The lowest BCUT2D eigenvalue weighted by Crippen LogP contribution is -2.33. The predicted molar refractivity (Wildman–Crippen MR) is 398 cm³/mol. The maximum Gasteiger partial charge on any atom is 0.191 e. The van der Waals surface area contributed by atoms with Crippen molar-refractivity contribution in [2.45, 2.75) is 223 Å². The molecule has 36 heteroatoms. The highest BCUT2D eigenvalue weighted by atomic mass is 32.2. The van der Waals surface area contributed by atoms with E-state index in [0.717, 1.165) is 27.9 Å². The predicted octanol–water partition coefficient (Wildman–Crippen LogP) is 6.55. The number of thioether (sulfide) groups is 3. The molecule has 6 aliphatic carbocycles. The molecule has 3 aromatic carbocycles. The Hall–Kier alpha value is -7.14. The van der Waals surface area contributed by atoms with Crippen LogP contribution < -0.4 is 16.0 Å². The van der Waals surface area contributed by atoms with E-state index in [-0.39, 0.29) is 122 Å². The van der Waals surface area contributed by atoms with Crippen LogP contribution in [-0.4, -0.2) is 251 Å². The van der Waals surface area contributed by atoms with E-state index < -0.39 is 284 Å². The Labute approximate surface area is 681 Å². The van der Waals surface area contributed by atoms with Crippen molar-refractivity contribution < 1.29 is 120 Å². The van der Waals surface area contributed by atoms with E-state index in [2.05, 4.69) is 76.8 Å². The van der Waals surface area contributed by atoms with Crippen molar-refractivity contribution in [3.8, 4) is 0 Å². The van der Waals surface area contributed by atoms with Gasteiger partial charge in [-0.3, -0.25) is 0 Å². The van der Waals surface area contributed by atoms with Gasteiger partial charge < -0.3 is 76.1 Å². The first kappa shape index (κ1) is 46.6. The number of nitrogens with one attached hydrogen (secondary N) is 3. The summed E-state index contributed by atoms with van der Waals surface area (Å²) < 4.78 is 341. The summed E-state index contributed by atoms with van der Waals surface area (Å²) in [5.41, 5.74) is -11.2. The van der Waals surface area contributed by atoms with Crippen molar-refractivity contribution >= 4 is 86.2 Å². The van der Waals surface area contributed by atoms with Crippen LogP contribution in [0.4, 0.5) is 30.6 Å². The van der Waals surface area contributed by atoms with E-state index in [1.54, 1.807) is 6.92 Å². The minimum absolute atomic E-state index is 0.000239. The first-order valence-corrected chi connectivity index (χ1v) is 35.5. The zero-order valence-electron chi connectivity index (χ0n) is 91.4. The summed E-state index contributed by atoms with van der Waals surface area (Å²) in [6, 6.07) is -14.9. The molecule has 582 valence electrons. The number of benzene rings is 3. The fraction of sp³-hybridized carbons (Fsp3) is 0.583. The fourth-order valence-corrected chi connectivity index (χ4v) is 13.3. The third-order valence-electron chi connectivity index (χ3n) is 17.5. The van der Waals surface area contributed by atoms with Gasteiger partial charge in [0, 0.05) is 98.2 Å². The summed E-state index contributed by atoms with van der Waals surface area (Å²) in [6.45, 7) is -3.65. The highest BCUT2D eigenvalue weighted by Crippen LogP contribution is 2.48. The molecule has 6 heterocycles. The van der Waals surface area contributed by atoms with Gasteiger partial charge in [-0.2, -0.15) is 0 Å². The third-order valence-corrected chi connectivity index (χ3v) is 19.6. The van der Waals surface area contributed by atoms with Crippen molar-refractivity contribution in [1.82, 2.24) is 74.9 Å². The highest BCUT2D eigenvalue weighted by Gasteiger charge is 2.49. The smallest absolute Gasteiger partial charge is 0.191 e.